The summed E-state index contributed by atoms with van der Waals surface area (Å²) in [7, 11) is 0. The van der Waals surface area contributed by atoms with Crippen LogP contribution in [0, 0.1) is 0 Å². The van der Waals surface area contributed by atoms with Crippen LogP contribution in [0.3, 0.4) is 0 Å². The Labute approximate surface area is 96.6 Å². The Hall–Kier alpha value is -2.70. The van der Waals surface area contributed by atoms with Gasteiger partial charge in [-0.3, -0.25) is 4.98 Å². The van der Waals surface area contributed by atoms with E-state index in [1.807, 2.05) is 0 Å². The Kier molecular flexibility index (Phi) is 3.10. The zero-order valence-corrected chi connectivity index (χ0v) is 8.70. The highest BCUT2D eigenvalue weighted by atomic mass is 16.5. The van der Waals surface area contributed by atoms with E-state index < -0.39 is 6.09 Å². The number of primary amides is 1. The summed E-state index contributed by atoms with van der Waals surface area (Å²) in [4.78, 5) is 14.5. The van der Waals surface area contributed by atoms with E-state index in [4.69, 9.17) is 10.5 Å². The number of carbonyl (C=O) groups is 1. The fourth-order valence-electron chi connectivity index (χ4n) is 1.18. The number of hydrogen-bond donors (Lipinski definition) is 2. The summed E-state index contributed by atoms with van der Waals surface area (Å²) in [6, 6.07) is 5.06. The number of nitrogens with one attached hydrogen (secondary N) is 1. The van der Waals surface area contributed by atoms with Crippen molar-refractivity contribution in [2.24, 2.45) is 5.73 Å². The number of ether oxygens (including phenoxy) is 1. The molecule has 0 fully saturated rings. The zero-order chi connectivity index (χ0) is 12.1. The van der Waals surface area contributed by atoms with Crippen molar-refractivity contribution in [3.05, 3.63) is 36.8 Å². The first-order valence-corrected chi connectivity index (χ1v) is 4.71. The van der Waals surface area contributed by atoms with Crippen LogP contribution in [-0.2, 0) is 0 Å². The lowest BCUT2D eigenvalue weighted by atomic mass is 10.4. The van der Waals surface area contributed by atoms with Crippen LogP contribution in [0.5, 0.6) is 5.75 Å². The molecule has 2 rings (SSSR count). The number of hydrogen-bond acceptors (Lipinski definition) is 6. The van der Waals surface area contributed by atoms with E-state index in [-0.39, 0.29) is 5.75 Å². The van der Waals surface area contributed by atoms with Crippen LogP contribution in [0.1, 0.15) is 0 Å². The number of pyridine rings is 1. The van der Waals surface area contributed by atoms with Gasteiger partial charge in [-0.15, -0.1) is 5.10 Å². The van der Waals surface area contributed by atoms with Gasteiger partial charge in [0.2, 0.25) is 0 Å². The molecule has 2 aromatic heterocycles. The van der Waals surface area contributed by atoms with Crippen molar-refractivity contribution in [2.75, 3.05) is 5.32 Å². The van der Waals surface area contributed by atoms with E-state index in [2.05, 4.69) is 20.5 Å². The molecule has 0 saturated carbocycles. The van der Waals surface area contributed by atoms with Crippen LogP contribution in [-0.4, -0.2) is 21.3 Å². The molecule has 7 nitrogen and oxygen atoms in total. The van der Waals surface area contributed by atoms with Crippen molar-refractivity contribution < 1.29 is 9.53 Å². The minimum absolute atomic E-state index is 0.256. The molecule has 0 radical (unpaired) electrons. The van der Waals surface area contributed by atoms with Crippen molar-refractivity contribution in [3.8, 4) is 5.75 Å². The summed E-state index contributed by atoms with van der Waals surface area (Å²) >= 11 is 0. The molecule has 0 aliphatic carbocycles. The molecule has 2 aromatic rings. The van der Waals surface area contributed by atoms with Gasteiger partial charge in [-0.05, 0) is 12.1 Å². The lowest BCUT2D eigenvalue weighted by molar-refractivity contribution is 0.210. The van der Waals surface area contributed by atoms with Crippen molar-refractivity contribution in [1.29, 1.82) is 0 Å². The first kappa shape index (κ1) is 10.8. The summed E-state index contributed by atoms with van der Waals surface area (Å²) < 4.78 is 4.69. The van der Waals surface area contributed by atoms with Crippen LogP contribution in [0.15, 0.2) is 36.8 Å². The third-order valence-corrected chi connectivity index (χ3v) is 1.78. The van der Waals surface area contributed by atoms with Crippen molar-refractivity contribution in [2.45, 2.75) is 0 Å². The number of nitrogens with zero attached hydrogens (tertiary/aromatic N) is 3. The first-order valence-electron chi connectivity index (χ1n) is 4.71. The SMILES string of the molecule is NC(=O)Oc1cncc(Nc2cccnn2)c1. The minimum Gasteiger partial charge on any atom is -0.409 e. The molecule has 0 unspecified atom stereocenters. The van der Waals surface area contributed by atoms with E-state index in [1.54, 1.807) is 30.6 Å². The standard InChI is InChI=1S/C10H9N5O2/c11-10(16)17-8-4-7(5-12-6-8)14-9-2-1-3-13-15-9/h1-6H,(H2,11,16)(H,14,15). The molecule has 2 heterocycles. The quantitative estimate of drug-likeness (QED) is 0.819. The number of rotatable bonds is 3. The molecule has 0 bridgehead atoms. The first-order chi connectivity index (χ1) is 8.24. The smallest absolute Gasteiger partial charge is 0.409 e. The molecule has 17 heavy (non-hydrogen) atoms. The maximum absolute atomic E-state index is 10.6. The minimum atomic E-state index is -0.886. The number of aromatic nitrogens is 3. The normalized spacial score (nSPS) is 9.65. The number of carbonyl (C=O) groups excluding carboxylic acids is 1. The Morgan fingerprint density at radius 2 is 2.29 bits per heavy atom. The third-order valence-electron chi connectivity index (χ3n) is 1.78. The van der Waals surface area contributed by atoms with Crippen molar-refractivity contribution in [3.63, 3.8) is 0 Å². The summed E-state index contributed by atoms with van der Waals surface area (Å²) in [5.41, 5.74) is 5.51. The summed E-state index contributed by atoms with van der Waals surface area (Å²) in [5.74, 6) is 0.817. The molecule has 7 heteroatoms. The molecule has 0 aliphatic rings. The summed E-state index contributed by atoms with van der Waals surface area (Å²) in [5, 5.41) is 10.5. The predicted molar refractivity (Wildman–Crippen MR) is 59.8 cm³/mol. The lowest BCUT2D eigenvalue weighted by Gasteiger charge is -2.05. The second kappa shape index (κ2) is 4.88. The Morgan fingerprint density at radius 3 is 3.00 bits per heavy atom. The highest BCUT2D eigenvalue weighted by Crippen LogP contribution is 2.18. The maximum atomic E-state index is 10.6. The second-order valence-corrected chi connectivity index (χ2v) is 3.06. The van der Waals surface area contributed by atoms with Gasteiger partial charge in [0.15, 0.2) is 11.6 Å². The third kappa shape index (κ3) is 3.13. The van der Waals surface area contributed by atoms with Gasteiger partial charge in [0.25, 0.3) is 0 Å². The molecule has 0 spiro atoms. The van der Waals surface area contributed by atoms with Gasteiger partial charge in [0.1, 0.15) is 0 Å². The van der Waals surface area contributed by atoms with Gasteiger partial charge in [-0.25, -0.2) is 4.79 Å². The average molecular weight is 231 g/mol. The van der Waals surface area contributed by atoms with Crippen LogP contribution in [0.2, 0.25) is 0 Å². The Bertz CT molecular complexity index is 517. The van der Waals surface area contributed by atoms with Crippen LogP contribution < -0.4 is 15.8 Å². The molecule has 1 amide bonds. The number of amides is 1. The summed E-state index contributed by atoms with van der Waals surface area (Å²) in [6.45, 7) is 0. The number of nitrogens with two attached hydrogens (primary N) is 1. The highest BCUT2D eigenvalue weighted by molar-refractivity contribution is 5.68. The molecule has 0 aliphatic heterocycles. The van der Waals surface area contributed by atoms with E-state index in [9.17, 15) is 4.79 Å². The zero-order valence-electron chi connectivity index (χ0n) is 8.70. The fraction of sp³-hybridized carbons (Fsp3) is 0. The van der Waals surface area contributed by atoms with Gasteiger partial charge in [0, 0.05) is 12.3 Å². The molecule has 0 atom stereocenters. The lowest BCUT2D eigenvalue weighted by Crippen LogP contribution is -2.16. The van der Waals surface area contributed by atoms with E-state index >= 15 is 0 Å². The highest BCUT2D eigenvalue weighted by Gasteiger charge is 2.02. The molecular formula is C10H9N5O2. The monoisotopic (exact) mass is 231 g/mol. The van der Waals surface area contributed by atoms with Crippen molar-refractivity contribution >= 4 is 17.6 Å². The van der Waals surface area contributed by atoms with Crippen LogP contribution in [0.4, 0.5) is 16.3 Å². The van der Waals surface area contributed by atoms with Crippen LogP contribution >= 0.6 is 0 Å². The fourth-order valence-corrected chi connectivity index (χ4v) is 1.18. The maximum Gasteiger partial charge on any atom is 0.410 e. The van der Waals surface area contributed by atoms with Gasteiger partial charge < -0.3 is 15.8 Å². The van der Waals surface area contributed by atoms with Gasteiger partial charge in [0.05, 0.1) is 18.1 Å². The predicted octanol–water partition coefficient (Wildman–Crippen LogP) is 1.07. The summed E-state index contributed by atoms with van der Waals surface area (Å²) in [6.07, 6.45) is 3.62. The average Bonchev–Trinajstić information content (AvgIpc) is 2.30. The van der Waals surface area contributed by atoms with Gasteiger partial charge >= 0.3 is 6.09 Å². The largest absolute Gasteiger partial charge is 0.410 e. The molecule has 0 saturated heterocycles. The van der Waals surface area contributed by atoms with Crippen LogP contribution in [0.25, 0.3) is 0 Å². The topological polar surface area (TPSA) is 103 Å². The Morgan fingerprint density at radius 1 is 1.41 bits per heavy atom. The molecule has 0 aromatic carbocycles. The molecule has 86 valence electrons. The van der Waals surface area contributed by atoms with Crippen molar-refractivity contribution in [1.82, 2.24) is 15.2 Å². The molecule has 3 N–H and O–H groups in total. The Balaban J connectivity index is 2.14. The van der Waals surface area contributed by atoms with Gasteiger partial charge in [-0.2, -0.15) is 5.10 Å². The number of anilines is 2. The second-order valence-electron chi connectivity index (χ2n) is 3.06. The van der Waals surface area contributed by atoms with Gasteiger partial charge in [-0.1, -0.05) is 0 Å². The molecular weight excluding hydrogens is 222 g/mol. The van der Waals surface area contributed by atoms with E-state index in [0.717, 1.165) is 0 Å². The van der Waals surface area contributed by atoms with E-state index in [1.165, 1.54) is 6.20 Å². The van der Waals surface area contributed by atoms with E-state index in [0.29, 0.717) is 11.5 Å².